The predicted octanol–water partition coefficient (Wildman–Crippen LogP) is 2.89. The minimum Gasteiger partial charge on any atom is -0.395 e. The third-order valence-corrected chi connectivity index (χ3v) is 5.01. The van der Waals surface area contributed by atoms with Crippen LogP contribution in [0.1, 0.15) is 11.3 Å². The maximum absolute atomic E-state index is 11.3. The lowest BCUT2D eigenvalue weighted by Crippen LogP contribution is -2.30. The number of hydrogen-bond acceptors (Lipinski definition) is 5. The number of fused-ring (bicyclic) bond motifs is 1. The van der Waals surface area contributed by atoms with Crippen molar-refractivity contribution in [1.29, 1.82) is 0 Å². The van der Waals surface area contributed by atoms with Crippen molar-refractivity contribution in [3.63, 3.8) is 0 Å². The molecule has 3 aromatic rings. The summed E-state index contributed by atoms with van der Waals surface area (Å²) < 4.78 is 2.16. The van der Waals surface area contributed by atoms with E-state index >= 15 is 0 Å². The number of aliphatic hydroxyl groups excluding tert-OH is 2. The highest BCUT2D eigenvalue weighted by Gasteiger charge is 2.21. The summed E-state index contributed by atoms with van der Waals surface area (Å²) in [6.45, 7) is 3.28. The average Bonchev–Trinajstić information content (AvgIpc) is 2.97. The second kappa shape index (κ2) is 8.86. The highest BCUT2D eigenvalue weighted by molar-refractivity contribution is 5.97. The Balaban J connectivity index is 2.09. The molecule has 7 nitrogen and oxygen atoms in total. The molecule has 0 saturated heterocycles. The van der Waals surface area contributed by atoms with Crippen LogP contribution in [0.25, 0.3) is 10.9 Å². The summed E-state index contributed by atoms with van der Waals surface area (Å²) in [5.74, 6) is 0. The lowest BCUT2D eigenvalue weighted by atomic mass is 10.1. The van der Waals surface area contributed by atoms with Crippen molar-refractivity contribution >= 4 is 22.3 Å². The van der Waals surface area contributed by atoms with Gasteiger partial charge >= 0.3 is 0 Å². The highest BCUT2D eigenvalue weighted by Crippen LogP contribution is 2.36. The van der Waals surface area contributed by atoms with Gasteiger partial charge in [0.25, 0.3) is 5.69 Å². The summed E-state index contributed by atoms with van der Waals surface area (Å²) in [4.78, 5) is 12.8. The molecule has 0 atom stereocenters. The zero-order chi connectivity index (χ0) is 20.1. The first-order valence-corrected chi connectivity index (χ1v) is 9.34. The molecular weight excluding hydrogens is 358 g/mol. The zero-order valence-corrected chi connectivity index (χ0v) is 15.9. The summed E-state index contributed by atoms with van der Waals surface area (Å²) in [5.41, 5.74) is 3.95. The van der Waals surface area contributed by atoms with E-state index in [0.29, 0.717) is 13.1 Å². The van der Waals surface area contributed by atoms with E-state index in [1.165, 1.54) is 11.6 Å². The molecule has 28 heavy (non-hydrogen) atoms. The molecule has 7 heteroatoms. The second-order valence-electron chi connectivity index (χ2n) is 6.71. The summed E-state index contributed by atoms with van der Waals surface area (Å²) >= 11 is 0. The molecule has 0 radical (unpaired) electrons. The van der Waals surface area contributed by atoms with E-state index in [4.69, 9.17) is 0 Å². The van der Waals surface area contributed by atoms with Gasteiger partial charge in [-0.2, -0.15) is 0 Å². The van der Waals surface area contributed by atoms with Gasteiger partial charge in [-0.05, 0) is 25.0 Å². The van der Waals surface area contributed by atoms with Crippen molar-refractivity contribution in [3.8, 4) is 0 Å². The fourth-order valence-corrected chi connectivity index (χ4v) is 3.72. The molecule has 0 bridgehead atoms. The predicted molar refractivity (Wildman–Crippen MR) is 110 cm³/mol. The van der Waals surface area contributed by atoms with Crippen LogP contribution in [0.15, 0.2) is 48.5 Å². The second-order valence-corrected chi connectivity index (χ2v) is 6.71. The summed E-state index contributed by atoms with van der Waals surface area (Å²) in [6, 6.07) is 15.0. The number of nitrogens with zero attached hydrogens (tertiary/aromatic N) is 3. The van der Waals surface area contributed by atoms with Crippen molar-refractivity contribution in [2.45, 2.75) is 19.9 Å². The fraction of sp³-hybridized carbons (Fsp3) is 0.333. The molecule has 0 spiro atoms. The molecule has 0 amide bonds. The first-order valence-electron chi connectivity index (χ1n) is 9.34. The van der Waals surface area contributed by atoms with E-state index in [0.717, 1.165) is 35.2 Å². The molecule has 0 saturated carbocycles. The zero-order valence-electron chi connectivity index (χ0n) is 15.9. The number of nitro benzene ring substituents is 1. The molecule has 0 aliphatic heterocycles. The molecule has 0 aliphatic carbocycles. The van der Waals surface area contributed by atoms with Crippen LogP contribution < -0.4 is 4.90 Å². The number of benzene rings is 2. The standard InChI is InChI=1S/C21H25N3O4/c1-16-21(22(11-13-25)12-14-26)19-15-18(24(27)28)7-8-20(19)23(16)10-9-17-5-3-2-4-6-17/h2-8,15,25-26H,9-14H2,1H3. The van der Waals surface area contributed by atoms with Crippen LogP contribution in [0.3, 0.4) is 0 Å². The molecule has 1 aromatic heterocycles. The van der Waals surface area contributed by atoms with Crippen LogP contribution in [0.5, 0.6) is 0 Å². The van der Waals surface area contributed by atoms with Gasteiger partial charge in [0.15, 0.2) is 0 Å². The van der Waals surface area contributed by atoms with E-state index in [9.17, 15) is 20.3 Å². The highest BCUT2D eigenvalue weighted by atomic mass is 16.6. The van der Waals surface area contributed by atoms with Gasteiger partial charge in [-0.3, -0.25) is 10.1 Å². The minimum atomic E-state index is -0.401. The van der Waals surface area contributed by atoms with Crippen LogP contribution in [-0.2, 0) is 13.0 Å². The Morgan fingerprint density at radius 3 is 2.36 bits per heavy atom. The first-order chi connectivity index (χ1) is 13.6. The molecule has 0 unspecified atom stereocenters. The fourth-order valence-electron chi connectivity index (χ4n) is 3.72. The summed E-state index contributed by atoms with van der Waals surface area (Å²) in [5, 5.41) is 31.0. The van der Waals surface area contributed by atoms with Crippen molar-refractivity contribution in [2.24, 2.45) is 0 Å². The minimum absolute atomic E-state index is 0.0295. The van der Waals surface area contributed by atoms with Crippen molar-refractivity contribution < 1.29 is 15.1 Å². The van der Waals surface area contributed by atoms with Gasteiger partial charge < -0.3 is 19.7 Å². The van der Waals surface area contributed by atoms with Gasteiger partial charge in [-0.1, -0.05) is 30.3 Å². The SMILES string of the molecule is Cc1c(N(CCO)CCO)c2cc([N+](=O)[O-])ccc2n1CCc1ccccc1. The smallest absolute Gasteiger partial charge is 0.270 e. The molecule has 148 valence electrons. The van der Waals surface area contributed by atoms with Gasteiger partial charge in [0.05, 0.1) is 29.3 Å². The number of rotatable bonds is 9. The van der Waals surface area contributed by atoms with E-state index in [-0.39, 0.29) is 18.9 Å². The summed E-state index contributed by atoms with van der Waals surface area (Å²) in [6.07, 6.45) is 0.835. The first kappa shape index (κ1) is 19.9. The Bertz CT molecular complexity index is 947. The van der Waals surface area contributed by atoms with Crippen LogP contribution in [-0.4, -0.2) is 46.0 Å². The molecule has 0 aliphatic rings. The quantitative estimate of drug-likeness (QED) is 0.438. The molecule has 2 aromatic carbocycles. The third kappa shape index (κ3) is 4.00. The Morgan fingerprint density at radius 2 is 1.75 bits per heavy atom. The van der Waals surface area contributed by atoms with E-state index in [1.807, 2.05) is 30.0 Å². The average molecular weight is 383 g/mol. The molecule has 3 rings (SSSR count). The van der Waals surface area contributed by atoms with E-state index in [2.05, 4.69) is 16.7 Å². The number of non-ortho nitro benzene ring substituents is 1. The lowest BCUT2D eigenvalue weighted by molar-refractivity contribution is -0.384. The number of aryl methyl sites for hydroxylation is 2. The Labute approximate surface area is 163 Å². The monoisotopic (exact) mass is 383 g/mol. The van der Waals surface area contributed by atoms with Gasteiger partial charge in [-0.25, -0.2) is 0 Å². The lowest BCUT2D eigenvalue weighted by Gasteiger charge is -2.23. The van der Waals surface area contributed by atoms with Gasteiger partial charge in [0, 0.05) is 42.8 Å². The molecule has 0 fully saturated rings. The van der Waals surface area contributed by atoms with E-state index in [1.54, 1.807) is 12.1 Å². The number of aliphatic hydroxyl groups is 2. The van der Waals surface area contributed by atoms with Crippen molar-refractivity contribution in [3.05, 3.63) is 69.9 Å². The van der Waals surface area contributed by atoms with Crippen LogP contribution in [0.4, 0.5) is 11.4 Å². The van der Waals surface area contributed by atoms with Crippen LogP contribution in [0.2, 0.25) is 0 Å². The Hall–Kier alpha value is -2.90. The number of hydrogen-bond donors (Lipinski definition) is 2. The number of anilines is 1. The van der Waals surface area contributed by atoms with Gasteiger partial charge in [0.1, 0.15) is 0 Å². The Morgan fingerprint density at radius 1 is 1.07 bits per heavy atom. The topological polar surface area (TPSA) is 91.8 Å². The van der Waals surface area contributed by atoms with Crippen molar-refractivity contribution in [1.82, 2.24) is 4.57 Å². The van der Waals surface area contributed by atoms with Crippen molar-refractivity contribution in [2.75, 3.05) is 31.2 Å². The maximum atomic E-state index is 11.3. The van der Waals surface area contributed by atoms with Gasteiger partial charge in [-0.15, -0.1) is 0 Å². The van der Waals surface area contributed by atoms with Gasteiger partial charge in [0.2, 0.25) is 0 Å². The summed E-state index contributed by atoms with van der Waals surface area (Å²) in [7, 11) is 0. The van der Waals surface area contributed by atoms with Crippen LogP contribution >= 0.6 is 0 Å². The number of aromatic nitrogens is 1. The Kier molecular flexibility index (Phi) is 6.28. The van der Waals surface area contributed by atoms with E-state index < -0.39 is 4.92 Å². The number of nitro groups is 1. The largest absolute Gasteiger partial charge is 0.395 e. The maximum Gasteiger partial charge on any atom is 0.270 e. The molecule has 2 N–H and O–H groups in total. The molecular formula is C21H25N3O4. The normalized spacial score (nSPS) is 11.1. The van der Waals surface area contributed by atoms with Crippen LogP contribution in [0, 0.1) is 17.0 Å². The third-order valence-electron chi connectivity index (χ3n) is 5.01. The molecule has 1 heterocycles.